The Balaban J connectivity index is 1.94. The first-order chi connectivity index (χ1) is 12.3. The molecular formula is C19H26N4O2. The Bertz CT molecular complexity index is 674. The van der Waals surface area contributed by atoms with Gasteiger partial charge in [0.25, 0.3) is 0 Å². The van der Waals surface area contributed by atoms with E-state index in [0.717, 1.165) is 42.5 Å². The van der Waals surface area contributed by atoms with Crippen molar-refractivity contribution >= 4 is 5.96 Å². The van der Waals surface area contributed by atoms with Crippen LogP contribution in [0.25, 0.3) is 0 Å². The van der Waals surface area contributed by atoms with Crippen molar-refractivity contribution in [3.05, 3.63) is 53.9 Å². The molecule has 1 aromatic carbocycles. The van der Waals surface area contributed by atoms with Crippen molar-refractivity contribution in [1.29, 1.82) is 0 Å². The highest BCUT2D eigenvalue weighted by atomic mass is 16.5. The Hall–Kier alpha value is -2.76. The lowest BCUT2D eigenvalue weighted by Gasteiger charge is -2.12. The van der Waals surface area contributed by atoms with Gasteiger partial charge in [-0.2, -0.15) is 0 Å². The molecule has 0 saturated heterocycles. The van der Waals surface area contributed by atoms with Crippen LogP contribution in [0.2, 0.25) is 0 Å². The molecule has 25 heavy (non-hydrogen) atoms. The summed E-state index contributed by atoms with van der Waals surface area (Å²) in [7, 11) is 3.26. The summed E-state index contributed by atoms with van der Waals surface area (Å²) in [5, 5.41) is 6.59. The van der Waals surface area contributed by atoms with Gasteiger partial charge in [0.1, 0.15) is 0 Å². The Kier molecular flexibility index (Phi) is 7.56. The van der Waals surface area contributed by atoms with Crippen LogP contribution in [0.1, 0.15) is 18.2 Å². The monoisotopic (exact) mass is 342 g/mol. The standard InChI is InChI=1S/C19H26N4O2/c1-4-20-19(22-12-10-16-7-5-6-11-21-16)23-14-15-8-9-17(24-2)18(13-15)25-3/h5-9,11,13H,4,10,12,14H2,1-3H3,(H2,20,22,23). The molecule has 2 N–H and O–H groups in total. The molecule has 2 aromatic rings. The van der Waals surface area contributed by atoms with Gasteiger partial charge in [0.05, 0.1) is 20.8 Å². The number of hydrogen-bond donors (Lipinski definition) is 2. The van der Waals surface area contributed by atoms with E-state index in [9.17, 15) is 0 Å². The molecule has 1 heterocycles. The number of benzene rings is 1. The summed E-state index contributed by atoms with van der Waals surface area (Å²) in [5.41, 5.74) is 2.12. The highest BCUT2D eigenvalue weighted by Crippen LogP contribution is 2.27. The summed E-state index contributed by atoms with van der Waals surface area (Å²) in [6.07, 6.45) is 2.66. The van der Waals surface area contributed by atoms with Crippen LogP contribution in [0.3, 0.4) is 0 Å². The Morgan fingerprint density at radius 3 is 2.60 bits per heavy atom. The minimum absolute atomic E-state index is 0.555. The number of ether oxygens (including phenoxy) is 2. The maximum absolute atomic E-state index is 5.33. The summed E-state index contributed by atoms with van der Waals surface area (Å²) in [6.45, 7) is 4.18. The van der Waals surface area contributed by atoms with E-state index in [1.54, 1.807) is 14.2 Å². The second-order valence-electron chi connectivity index (χ2n) is 5.38. The molecule has 1 aromatic heterocycles. The first kappa shape index (κ1) is 18.6. The van der Waals surface area contributed by atoms with E-state index in [-0.39, 0.29) is 0 Å². The van der Waals surface area contributed by atoms with Crippen molar-refractivity contribution < 1.29 is 9.47 Å². The summed E-state index contributed by atoms with van der Waals surface area (Å²) in [5.74, 6) is 2.21. The zero-order valence-corrected chi connectivity index (χ0v) is 15.1. The van der Waals surface area contributed by atoms with Crippen LogP contribution in [0.15, 0.2) is 47.6 Å². The van der Waals surface area contributed by atoms with E-state index in [0.29, 0.717) is 12.3 Å². The maximum atomic E-state index is 5.33. The van der Waals surface area contributed by atoms with Gasteiger partial charge < -0.3 is 20.1 Å². The van der Waals surface area contributed by atoms with Crippen LogP contribution < -0.4 is 20.1 Å². The number of hydrogen-bond acceptors (Lipinski definition) is 4. The van der Waals surface area contributed by atoms with Gasteiger partial charge in [0, 0.05) is 31.4 Å². The Morgan fingerprint density at radius 1 is 1.08 bits per heavy atom. The van der Waals surface area contributed by atoms with Crippen molar-refractivity contribution in [3.63, 3.8) is 0 Å². The fourth-order valence-corrected chi connectivity index (χ4v) is 2.35. The van der Waals surface area contributed by atoms with Gasteiger partial charge in [-0.15, -0.1) is 0 Å². The van der Waals surface area contributed by atoms with Gasteiger partial charge in [-0.1, -0.05) is 12.1 Å². The predicted molar refractivity (Wildman–Crippen MR) is 100 cm³/mol. The second kappa shape index (κ2) is 10.2. The molecule has 0 unspecified atom stereocenters. The molecule has 0 radical (unpaired) electrons. The molecule has 6 nitrogen and oxygen atoms in total. The third kappa shape index (κ3) is 5.99. The first-order valence-corrected chi connectivity index (χ1v) is 8.39. The summed E-state index contributed by atoms with van der Waals surface area (Å²) in [6, 6.07) is 11.8. The number of nitrogens with one attached hydrogen (secondary N) is 2. The van der Waals surface area contributed by atoms with Crippen LogP contribution in [-0.2, 0) is 13.0 Å². The zero-order chi connectivity index (χ0) is 17.9. The number of aromatic nitrogens is 1. The smallest absolute Gasteiger partial charge is 0.191 e. The van der Waals surface area contributed by atoms with Gasteiger partial charge >= 0.3 is 0 Å². The molecule has 0 saturated carbocycles. The number of pyridine rings is 1. The van der Waals surface area contributed by atoms with Crippen molar-refractivity contribution in [1.82, 2.24) is 15.6 Å². The van der Waals surface area contributed by atoms with E-state index in [4.69, 9.17) is 9.47 Å². The third-order valence-electron chi connectivity index (χ3n) is 3.61. The highest BCUT2D eigenvalue weighted by molar-refractivity contribution is 5.79. The molecule has 0 atom stereocenters. The summed E-state index contributed by atoms with van der Waals surface area (Å²) >= 11 is 0. The lowest BCUT2D eigenvalue weighted by Crippen LogP contribution is -2.38. The molecule has 6 heteroatoms. The SMILES string of the molecule is CCNC(=NCc1ccc(OC)c(OC)c1)NCCc1ccccn1. The molecule has 0 amide bonds. The van der Waals surface area contributed by atoms with Crippen LogP contribution in [0.4, 0.5) is 0 Å². The van der Waals surface area contributed by atoms with Crippen LogP contribution in [0.5, 0.6) is 11.5 Å². The van der Waals surface area contributed by atoms with Crippen molar-refractivity contribution in [3.8, 4) is 11.5 Å². The first-order valence-electron chi connectivity index (χ1n) is 8.39. The zero-order valence-electron chi connectivity index (χ0n) is 15.1. The average molecular weight is 342 g/mol. The van der Waals surface area contributed by atoms with Crippen LogP contribution >= 0.6 is 0 Å². The molecule has 0 fully saturated rings. The molecular weight excluding hydrogens is 316 g/mol. The summed E-state index contributed by atoms with van der Waals surface area (Å²) < 4.78 is 10.6. The molecule has 134 valence electrons. The quantitative estimate of drug-likeness (QED) is 0.569. The second-order valence-corrected chi connectivity index (χ2v) is 5.38. The number of methoxy groups -OCH3 is 2. The maximum Gasteiger partial charge on any atom is 0.191 e. The van der Waals surface area contributed by atoms with Crippen molar-refractivity contribution in [2.45, 2.75) is 19.9 Å². The van der Waals surface area contributed by atoms with E-state index in [2.05, 4.69) is 20.6 Å². The summed E-state index contributed by atoms with van der Waals surface area (Å²) in [4.78, 5) is 8.95. The largest absolute Gasteiger partial charge is 0.493 e. The molecule has 0 aliphatic rings. The Labute approximate surface area is 149 Å². The van der Waals surface area contributed by atoms with E-state index < -0.39 is 0 Å². The topological polar surface area (TPSA) is 67.8 Å². The number of guanidine groups is 1. The lowest BCUT2D eigenvalue weighted by atomic mass is 10.2. The molecule has 0 bridgehead atoms. The van der Waals surface area contributed by atoms with Gasteiger partial charge in [-0.25, -0.2) is 4.99 Å². The molecule has 0 spiro atoms. The van der Waals surface area contributed by atoms with E-state index in [1.165, 1.54) is 0 Å². The molecule has 0 aliphatic carbocycles. The third-order valence-corrected chi connectivity index (χ3v) is 3.61. The van der Waals surface area contributed by atoms with E-state index in [1.807, 2.05) is 49.5 Å². The van der Waals surface area contributed by atoms with Gasteiger partial charge in [0.2, 0.25) is 0 Å². The van der Waals surface area contributed by atoms with Crippen molar-refractivity contribution in [2.24, 2.45) is 4.99 Å². The van der Waals surface area contributed by atoms with Gasteiger partial charge in [0.15, 0.2) is 17.5 Å². The molecule has 2 rings (SSSR count). The molecule has 0 aliphatic heterocycles. The number of rotatable bonds is 8. The number of nitrogens with zero attached hydrogens (tertiary/aromatic N) is 2. The van der Waals surface area contributed by atoms with E-state index >= 15 is 0 Å². The fraction of sp³-hybridized carbons (Fsp3) is 0.368. The van der Waals surface area contributed by atoms with Crippen LogP contribution in [-0.4, -0.2) is 38.3 Å². The predicted octanol–water partition coefficient (Wildman–Crippen LogP) is 2.40. The minimum Gasteiger partial charge on any atom is -0.493 e. The number of aliphatic imine (C=N–C) groups is 1. The van der Waals surface area contributed by atoms with Gasteiger partial charge in [-0.3, -0.25) is 4.98 Å². The van der Waals surface area contributed by atoms with Gasteiger partial charge in [-0.05, 0) is 36.8 Å². The minimum atomic E-state index is 0.555. The highest BCUT2D eigenvalue weighted by Gasteiger charge is 2.05. The fourth-order valence-electron chi connectivity index (χ4n) is 2.35. The average Bonchev–Trinajstić information content (AvgIpc) is 2.66. The van der Waals surface area contributed by atoms with Crippen molar-refractivity contribution in [2.75, 3.05) is 27.3 Å². The Morgan fingerprint density at radius 2 is 1.92 bits per heavy atom. The normalized spacial score (nSPS) is 11.1. The lowest BCUT2D eigenvalue weighted by molar-refractivity contribution is 0.354. The van der Waals surface area contributed by atoms with Crippen LogP contribution in [0, 0.1) is 0 Å².